The van der Waals surface area contributed by atoms with Crippen molar-refractivity contribution < 1.29 is 4.74 Å². The van der Waals surface area contributed by atoms with Crippen molar-refractivity contribution in [1.29, 1.82) is 0 Å². The predicted octanol–water partition coefficient (Wildman–Crippen LogP) is 5.83. The second kappa shape index (κ2) is 7.50. The van der Waals surface area contributed by atoms with Gasteiger partial charge in [-0.15, -0.1) is 0 Å². The molecule has 1 unspecified atom stereocenters. The van der Waals surface area contributed by atoms with Gasteiger partial charge in [0.15, 0.2) is 0 Å². The third-order valence-corrected chi connectivity index (χ3v) is 4.50. The first-order valence-electron chi connectivity index (χ1n) is 6.66. The van der Waals surface area contributed by atoms with Crippen LogP contribution < -0.4 is 10.5 Å². The summed E-state index contributed by atoms with van der Waals surface area (Å²) in [5.74, 6) is 1.37. The van der Waals surface area contributed by atoms with Gasteiger partial charge in [0, 0.05) is 12.1 Å². The summed E-state index contributed by atoms with van der Waals surface area (Å²) in [5, 5.41) is 0.975. The quantitative estimate of drug-likeness (QED) is 0.699. The molecule has 5 heteroatoms. The highest BCUT2D eigenvalue weighted by atomic mass is 79.9. The van der Waals surface area contributed by atoms with Crippen LogP contribution in [-0.4, -0.2) is 6.04 Å². The topological polar surface area (TPSA) is 35.2 Å². The minimum absolute atomic E-state index is 0.179. The Kier molecular flexibility index (Phi) is 5.94. The van der Waals surface area contributed by atoms with Crippen LogP contribution in [0, 0.1) is 0 Å². The van der Waals surface area contributed by atoms with Crippen LogP contribution in [0.3, 0.4) is 0 Å². The second-order valence-electron chi connectivity index (χ2n) is 4.82. The fourth-order valence-corrected chi connectivity index (χ4v) is 2.66. The Balaban J connectivity index is 2.15. The van der Waals surface area contributed by atoms with E-state index in [1.165, 1.54) is 5.56 Å². The van der Waals surface area contributed by atoms with E-state index >= 15 is 0 Å². The van der Waals surface area contributed by atoms with E-state index in [4.69, 9.17) is 33.7 Å². The predicted molar refractivity (Wildman–Crippen MR) is 92.6 cm³/mol. The van der Waals surface area contributed by atoms with Crippen molar-refractivity contribution in [2.45, 2.75) is 25.8 Å². The number of ether oxygens (including phenoxy) is 1. The third kappa shape index (κ3) is 4.62. The van der Waals surface area contributed by atoms with E-state index in [0.717, 1.165) is 23.1 Å². The number of hydrogen-bond acceptors (Lipinski definition) is 2. The molecule has 0 amide bonds. The zero-order chi connectivity index (χ0) is 15.4. The smallest absolute Gasteiger partial charge is 0.141 e. The Morgan fingerprint density at radius 3 is 2.52 bits per heavy atom. The summed E-state index contributed by atoms with van der Waals surface area (Å²) in [4.78, 5) is 0. The minimum Gasteiger partial charge on any atom is -0.456 e. The number of rotatable bonds is 5. The molecule has 2 aromatic carbocycles. The highest BCUT2D eigenvalue weighted by Gasteiger charge is 2.08. The molecule has 2 rings (SSSR count). The van der Waals surface area contributed by atoms with Gasteiger partial charge in [0.2, 0.25) is 0 Å². The van der Waals surface area contributed by atoms with Crippen LogP contribution in [0.25, 0.3) is 0 Å². The molecule has 0 fully saturated rings. The fourth-order valence-electron chi connectivity index (χ4n) is 1.87. The van der Waals surface area contributed by atoms with Gasteiger partial charge in [-0.25, -0.2) is 0 Å². The van der Waals surface area contributed by atoms with Crippen molar-refractivity contribution in [3.8, 4) is 11.5 Å². The first-order valence-corrected chi connectivity index (χ1v) is 8.21. The molecule has 112 valence electrons. The minimum atomic E-state index is 0.179. The Bertz CT molecular complexity index is 634. The van der Waals surface area contributed by atoms with Gasteiger partial charge in [-0.3, -0.25) is 0 Å². The summed E-state index contributed by atoms with van der Waals surface area (Å²) in [6.45, 7) is 2.08. The van der Waals surface area contributed by atoms with Crippen molar-refractivity contribution in [2.24, 2.45) is 5.73 Å². The van der Waals surface area contributed by atoms with E-state index in [1.807, 2.05) is 18.2 Å². The van der Waals surface area contributed by atoms with E-state index < -0.39 is 0 Å². The van der Waals surface area contributed by atoms with Gasteiger partial charge in [-0.05, 0) is 58.6 Å². The number of hydrogen-bond donors (Lipinski definition) is 1. The molecule has 0 radical (unpaired) electrons. The van der Waals surface area contributed by atoms with Crippen molar-refractivity contribution in [3.05, 3.63) is 56.5 Å². The summed E-state index contributed by atoms with van der Waals surface area (Å²) in [5.41, 5.74) is 7.15. The van der Waals surface area contributed by atoms with Gasteiger partial charge < -0.3 is 10.5 Å². The Morgan fingerprint density at radius 2 is 1.90 bits per heavy atom. The lowest BCUT2D eigenvalue weighted by molar-refractivity contribution is 0.479. The van der Waals surface area contributed by atoms with Gasteiger partial charge in [0.1, 0.15) is 11.5 Å². The zero-order valence-electron chi connectivity index (χ0n) is 11.6. The molecule has 0 saturated heterocycles. The molecule has 0 aliphatic heterocycles. The first kappa shape index (κ1) is 16.6. The van der Waals surface area contributed by atoms with Gasteiger partial charge in [0.05, 0.1) is 14.5 Å². The molecular weight excluding hydrogens is 373 g/mol. The molecule has 0 heterocycles. The summed E-state index contributed by atoms with van der Waals surface area (Å²) in [6.07, 6.45) is 1.81. The van der Waals surface area contributed by atoms with Crippen molar-refractivity contribution in [3.63, 3.8) is 0 Å². The lowest BCUT2D eigenvalue weighted by atomic mass is 10.0. The van der Waals surface area contributed by atoms with Crippen molar-refractivity contribution in [1.82, 2.24) is 0 Å². The largest absolute Gasteiger partial charge is 0.456 e. The lowest BCUT2D eigenvalue weighted by Gasteiger charge is -2.12. The Labute approximate surface area is 143 Å². The average molecular weight is 389 g/mol. The molecule has 0 aliphatic carbocycles. The molecule has 2 nitrogen and oxygen atoms in total. The number of halogens is 3. The van der Waals surface area contributed by atoms with Crippen LogP contribution in [0.4, 0.5) is 0 Å². The zero-order valence-corrected chi connectivity index (χ0v) is 14.7. The van der Waals surface area contributed by atoms with Crippen LogP contribution in [0.15, 0.2) is 40.9 Å². The maximum Gasteiger partial charge on any atom is 0.141 e. The van der Waals surface area contributed by atoms with Crippen LogP contribution in [0.2, 0.25) is 10.0 Å². The van der Waals surface area contributed by atoms with Crippen LogP contribution >= 0.6 is 39.1 Å². The van der Waals surface area contributed by atoms with Crippen LogP contribution in [0.1, 0.15) is 18.9 Å². The monoisotopic (exact) mass is 387 g/mol. The third-order valence-electron chi connectivity index (χ3n) is 3.14. The normalized spacial score (nSPS) is 12.2. The molecular formula is C16H16BrCl2NO. The molecule has 2 N–H and O–H groups in total. The van der Waals surface area contributed by atoms with E-state index in [9.17, 15) is 0 Å². The summed E-state index contributed by atoms with van der Waals surface area (Å²) in [7, 11) is 0. The van der Waals surface area contributed by atoms with Gasteiger partial charge in [-0.2, -0.15) is 0 Å². The van der Waals surface area contributed by atoms with Crippen LogP contribution in [0.5, 0.6) is 11.5 Å². The fraction of sp³-hybridized carbons (Fsp3) is 0.250. The highest BCUT2D eigenvalue weighted by Crippen LogP contribution is 2.33. The molecule has 2 aromatic rings. The molecule has 0 aliphatic rings. The molecule has 0 bridgehead atoms. The van der Waals surface area contributed by atoms with E-state index in [1.54, 1.807) is 18.2 Å². The summed E-state index contributed by atoms with van der Waals surface area (Å²) >= 11 is 15.4. The Morgan fingerprint density at radius 1 is 1.14 bits per heavy atom. The summed E-state index contributed by atoms with van der Waals surface area (Å²) < 4.78 is 6.69. The highest BCUT2D eigenvalue weighted by molar-refractivity contribution is 9.10. The standard InChI is InChI=1S/C16H16BrCl2NO/c1-2-11(20)7-10-3-6-16(13(17)8-10)21-12-4-5-14(18)15(19)9-12/h3-6,8-9,11H,2,7,20H2,1H3. The van der Waals surface area contributed by atoms with Crippen molar-refractivity contribution in [2.75, 3.05) is 0 Å². The maximum absolute atomic E-state index is 5.98. The molecule has 0 saturated carbocycles. The molecule has 21 heavy (non-hydrogen) atoms. The first-order chi connectivity index (χ1) is 9.99. The van der Waals surface area contributed by atoms with Crippen molar-refractivity contribution >= 4 is 39.1 Å². The van der Waals surface area contributed by atoms with Gasteiger partial charge in [0.25, 0.3) is 0 Å². The van der Waals surface area contributed by atoms with E-state index in [-0.39, 0.29) is 6.04 Å². The Hall–Kier alpha value is -0.740. The lowest BCUT2D eigenvalue weighted by Crippen LogP contribution is -2.21. The van der Waals surface area contributed by atoms with Gasteiger partial charge >= 0.3 is 0 Å². The summed E-state index contributed by atoms with van der Waals surface area (Å²) in [6, 6.07) is 11.3. The second-order valence-corrected chi connectivity index (χ2v) is 6.48. The van der Waals surface area contributed by atoms with E-state index in [0.29, 0.717) is 15.8 Å². The average Bonchev–Trinajstić information content (AvgIpc) is 2.45. The SMILES string of the molecule is CCC(N)Cc1ccc(Oc2ccc(Cl)c(Cl)c2)c(Br)c1. The van der Waals surface area contributed by atoms with E-state index in [2.05, 4.69) is 22.9 Å². The van der Waals surface area contributed by atoms with Gasteiger partial charge in [-0.1, -0.05) is 36.2 Å². The van der Waals surface area contributed by atoms with Crippen LogP contribution in [-0.2, 0) is 6.42 Å². The molecule has 0 aromatic heterocycles. The molecule has 0 spiro atoms. The number of benzene rings is 2. The molecule has 1 atom stereocenters. The maximum atomic E-state index is 5.98. The number of nitrogens with two attached hydrogens (primary N) is 1.